The van der Waals surface area contributed by atoms with E-state index in [0.717, 1.165) is 41.5 Å². The second-order valence-electron chi connectivity index (χ2n) is 6.02. The summed E-state index contributed by atoms with van der Waals surface area (Å²) in [6.07, 6.45) is 3.80. The minimum atomic E-state index is 0.118. The number of pyridine rings is 1. The van der Waals surface area contributed by atoms with E-state index < -0.39 is 0 Å². The predicted molar refractivity (Wildman–Crippen MR) is 86.6 cm³/mol. The van der Waals surface area contributed by atoms with Gasteiger partial charge in [-0.1, -0.05) is 27.7 Å². The molecule has 0 aromatic carbocycles. The highest BCUT2D eigenvalue weighted by atomic mass is 32.1. The van der Waals surface area contributed by atoms with Crippen molar-refractivity contribution in [2.24, 2.45) is 0 Å². The number of nitrogens with one attached hydrogen (secondary N) is 1. The van der Waals surface area contributed by atoms with Crippen molar-refractivity contribution in [3.63, 3.8) is 0 Å². The molecule has 20 heavy (non-hydrogen) atoms. The minimum Gasteiger partial charge on any atom is -0.385 e. The summed E-state index contributed by atoms with van der Waals surface area (Å²) in [4.78, 5) is 9.17. The lowest BCUT2D eigenvalue weighted by atomic mass is 9.93. The lowest BCUT2D eigenvalue weighted by molar-refractivity contribution is 0.571. The first-order chi connectivity index (χ1) is 9.49. The van der Waals surface area contributed by atoms with Gasteiger partial charge in [-0.3, -0.25) is 4.98 Å². The van der Waals surface area contributed by atoms with Gasteiger partial charge < -0.3 is 5.32 Å². The zero-order valence-electron chi connectivity index (χ0n) is 12.7. The number of hydrogen-bond donors (Lipinski definition) is 1. The molecule has 0 unspecified atom stereocenters. The number of thiazole rings is 1. The molecule has 1 N–H and O–H groups in total. The van der Waals surface area contributed by atoms with Gasteiger partial charge in [0.15, 0.2) is 0 Å². The number of rotatable bonds is 5. The van der Waals surface area contributed by atoms with Crippen LogP contribution in [0, 0.1) is 0 Å². The van der Waals surface area contributed by atoms with Crippen LogP contribution in [-0.2, 0) is 11.8 Å². The number of anilines is 1. The third-order valence-electron chi connectivity index (χ3n) is 3.05. The van der Waals surface area contributed by atoms with E-state index in [9.17, 15) is 0 Å². The van der Waals surface area contributed by atoms with Crippen LogP contribution >= 0.6 is 11.3 Å². The highest BCUT2D eigenvalue weighted by molar-refractivity contribution is 7.09. The summed E-state index contributed by atoms with van der Waals surface area (Å²) in [6.45, 7) is 9.74. The lowest BCUT2D eigenvalue weighted by Gasteiger charge is -2.14. The van der Waals surface area contributed by atoms with Crippen LogP contribution in [0.15, 0.2) is 23.7 Å². The summed E-state index contributed by atoms with van der Waals surface area (Å²) in [5.41, 5.74) is 3.50. The van der Waals surface area contributed by atoms with Crippen molar-refractivity contribution in [2.45, 2.75) is 46.0 Å². The van der Waals surface area contributed by atoms with Crippen molar-refractivity contribution in [1.29, 1.82) is 0 Å². The Labute approximate surface area is 125 Å². The van der Waals surface area contributed by atoms with Crippen molar-refractivity contribution in [3.05, 3.63) is 40.1 Å². The molecule has 0 aliphatic rings. The molecule has 2 heterocycles. The Morgan fingerprint density at radius 2 is 2.10 bits per heavy atom. The van der Waals surface area contributed by atoms with Gasteiger partial charge in [-0.2, -0.15) is 0 Å². The first-order valence-corrected chi connectivity index (χ1v) is 8.00. The van der Waals surface area contributed by atoms with Gasteiger partial charge in [0.05, 0.1) is 10.7 Å². The van der Waals surface area contributed by atoms with Crippen LogP contribution in [0.1, 0.15) is 50.5 Å². The van der Waals surface area contributed by atoms with Gasteiger partial charge in [0.2, 0.25) is 0 Å². The molecule has 2 rings (SSSR count). The quantitative estimate of drug-likeness (QED) is 0.894. The van der Waals surface area contributed by atoms with E-state index in [4.69, 9.17) is 4.98 Å². The Morgan fingerprint density at radius 3 is 2.75 bits per heavy atom. The third-order valence-corrected chi connectivity index (χ3v) is 3.90. The number of hydrogen-bond acceptors (Lipinski definition) is 4. The highest BCUT2D eigenvalue weighted by Crippen LogP contribution is 2.25. The van der Waals surface area contributed by atoms with Crippen LogP contribution in [0.5, 0.6) is 0 Å². The summed E-state index contributed by atoms with van der Waals surface area (Å²) in [5, 5.41) is 6.69. The largest absolute Gasteiger partial charge is 0.385 e. The van der Waals surface area contributed by atoms with Crippen LogP contribution in [0.25, 0.3) is 0 Å². The Bertz CT molecular complexity index is 555. The van der Waals surface area contributed by atoms with E-state index >= 15 is 0 Å². The molecule has 0 bridgehead atoms. The number of aromatic nitrogens is 2. The Hall–Kier alpha value is -1.42. The van der Waals surface area contributed by atoms with Gasteiger partial charge in [0.25, 0.3) is 0 Å². The molecule has 2 aromatic heterocycles. The first-order valence-electron chi connectivity index (χ1n) is 7.12. The molecular weight excluding hydrogens is 266 g/mol. The molecule has 0 saturated heterocycles. The zero-order chi connectivity index (χ0) is 14.6. The molecule has 2 aromatic rings. The van der Waals surface area contributed by atoms with Crippen molar-refractivity contribution in [1.82, 2.24) is 9.97 Å². The molecule has 108 valence electrons. The summed E-state index contributed by atoms with van der Waals surface area (Å²) in [7, 11) is 0. The second kappa shape index (κ2) is 6.35. The highest BCUT2D eigenvalue weighted by Gasteiger charge is 2.17. The summed E-state index contributed by atoms with van der Waals surface area (Å²) in [5.74, 6) is 0. The average molecular weight is 289 g/mol. The maximum Gasteiger partial charge on any atom is 0.0988 e. The van der Waals surface area contributed by atoms with Crippen molar-refractivity contribution >= 4 is 17.0 Å². The molecule has 4 heteroatoms. The van der Waals surface area contributed by atoms with Gasteiger partial charge in [-0.15, -0.1) is 11.3 Å². The first kappa shape index (κ1) is 15.0. The average Bonchev–Trinajstić information content (AvgIpc) is 2.85. The topological polar surface area (TPSA) is 37.8 Å². The molecule has 0 aliphatic carbocycles. The van der Waals surface area contributed by atoms with Gasteiger partial charge in [0, 0.05) is 41.3 Å². The molecular formula is C16H23N3S. The molecule has 0 radical (unpaired) electrons. The third kappa shape index (κ3) is 4.04. The molecule has 0 fully saturated rings. The Morgan fingerprint density at radius 1 is 1.30 bits per heavy atom. The normalized spacial score (nSPS) is 11.6. The van der Waals surface area contributed by atoms with Crippen LogP contribution in [0.3, 0.4) is 0 Å². The van der Waals surface area contributed by atoms with E-state index in [2.05, 4.69) is 49.4 Å². The smallest absolute Gasteiger partial charge is 0.0988 e. The fourth-order valence-electron chi connectivity index (χ4n) is 1.85. The van der Waals surface area contributed by atoms with Crippen molar-refractivity contribution in [3.8, 4) is 0 Å². The van der Waals surface area contributed by atoms with Crippen LogP contribution in [0.2, 0.25) is 0 Å². The van der Waals surface area contributed by atoms with Gasteiger partial charge >= 0.3 is 0 Å². The summed E-state index contributed by atoms with van der Waals surface area (Å²) < 4.78 is 0. The van der Waals surface area contributed by atoms with Crippen LogP contribution in [0.4, 0.5) is 5.69 Å². The molecule has 0 saturated carbocycles. The maximum absolute atomic E-state index is 4.73. The minimum absolute atomic E-state index is 0.118. The van der Waals surface area contributed by atoms with Gasteiger partial charge in [-0.05, 0) is 18.6 Å². The van der Waals surface area contributed by atoms with E-state index in [0.29, 0.717) is 0 Å². The Balaban J connectivity index is 2.08. The predicted octanol–water partition coefficient (Wildman–Crippen LogP) is 4.25. The lowest BCUT2D eigenvalue weighted by Crippen LogP contribution is -2.11. The van der Waals surface area contributed by atoms with E-state index in [1.165, 1.54) is 0 Å². The molecule has 0 amide bonds. The van der Waals surface area contributed by atoms with Gasteiger partial charge in [0.1, 0.15) is 0 Å². The monoisotopic (exact) mass is 289 g/mol. The van der Waals surface area contributed by atoms with Gasteiger partial charge in [-0.25, -0.2) is 4.98 Å². The van der Waals surface area contributed by atoms with Crippen molar-refractivity contribution in [2.75, 3.05) is 11.9 Å². The standard InChI is InChI=1S/C16H23N3S/c1-5-7-17-12-6-8-18-13(9-12)10-15-19-14(11-20-15)16(2,3)4/h6,8-9,11H,5,7,10H2,1-4H3,(H,17,18). The Kier molecular flexibility index (Phi) is 4.76. The van der Waals surface area contributed by atoms with Crippen LogP contribution < -0.4 is 5.32 Å². The zero-order valence-corrected chi connectivity index (χ0v) is 13.5. The SMILES string of the molecule is CCCNc1ccnc(Cc2nc(C(C)(C)C)cs2)c1. The van der Waals surface area contributed by atoms with Crippen LogP contribution in [-0.4, -0.2) is 16.5 Å². The molecule has 0 spiro atoms. The van der Waals surface area contributed by atoms with Crippen molar-refractivity contribution < 1.29 is 0 Å². The van der Waals surface area contributed by atoms with E-state index in [1.54, 1.807) is 11.3 Å². The molecule has 0 atom stereocenters. The summed E-state index contributed by atoms with van der Waals surface area (Å²) in [6, 6.07) is 4.13. The molecule has 0 aliphatic heterocycles. The maximum atomic E-state index is 4.73. The fraction of sp³-hybridized carbons (Fsp3) is 0.500. The fourth-order valence-corrected chi connectivity index (χ4v) is 2.88. The second-order valence-corrected chi connectivity index (χ2v) is 6.96. The van der Waals surface area contributed by atoms with E-state index in [1.807, 2.05) is 12.3 Å². The van der Waals surface area contributed by atoms with E-state index in [-0.39, 0.29) is 5.41 Å². The summed E-state index contributed by atoms with van der Waals surface area (Å²) >= 11 is 1.72. The molecule has 3 nitrogen and oxygen atoms in total. The number of nitrogens with zero attached hydrogens (tertiary/aromatic N) is 2.